The Kier molecular flexibility index (Phi) is 2.77. The maximum Gasteiger partial charge on any atom is 0.123 e. The van der Waals surface area contributed by atoms with E-state index in [0.29, 0.717) is 0 Å². The molecule has 2 heteroatoms. The first-order valence-corrected chi connectivity index (χ1v) is 4.94. The SMILES string of the molecule is C[C@@H](c1ccc(F)cc1)c1ccccn1. The Bertz CT molecular complexity index is 422. The van der Waals surface area contributed by atoms with Gasteiger partial charge in [-0.15, -0.1) is 0 Å². The highest BCUT2D eigenvalue weighted by Gasteiger charge is 2.08. The van der Waals surface area contributed by atoms with Gasteiger partial charge in [0.15, 0.2) is 0 Å². The summed E-state index contributed by atoms with van der Waals surface area (Å²) in [6.07, 6.45) is 1.77. The van der Waals surface area contributed by atoms with E-state index in [9.17, 15) is 4.39 Å². The van der Waals surface area contributed by atoms with Gasteiger partial charge in [-0.2, -0.15) is 0 Å². The Morgan fingerprint density at radius 1 is 1.07 bits per heavy atom. The van der Waals surface area contributed by atoms with Gasteiger partial charge >= 0.3 is 0 Å². The van der Waals surface area contributed by atoms with Crippen molar-refractivity contribution in [3.05, 3.63) is 65.7 Å². The van der Waals surface area contributed by atoms with Crippen LogP contribution in [0.1, 0.15) is 24.1 Å². The van der Waals surface area contributed by atoms with Gasteiger partial charge < -0.3 is 0 Å². The molecule has 0 unspecified atom stereocenters. The zero-order valence-corrected chi connectivity index (χ0v) is 8.52. The molecule has 0 spiro atoms. The van der Waals surface area contributed by atoms with Crippen LogP contribution in [0.25, 0.3) is 0 Å². The molecule has 1 heterocycles. The first-order valence-electron chi connectivity index (χ1n) is 4.94. The normalized spacial score (nSPS) is 12.4. The van der Waals surface area contributed by atoms with E-state index in [2.05, 4.69) is 11.9 Å². The zero-order valence-electron chi connectivity index (χ0n) is 8.52. The van der Waals surface area contributed by atoms with E-state index in [1.165, 1.54) is 12.1 Å². The molecule has 0 radical (unpaired) electrons. The second-order valence-corrected chi connectivity index (χ2v) is 3.53. The number of hydrogen-bond acceptors (Lipinski definition) is 1. The molecule has 1 nitrogen and oxygen atoms in total. The van der Waals surface area contributed by atoms with E-state index < -0.39 is 0 Å². The van der Waals surface area contributed by atoms with Crippen LogP contribution in [0, 0.1) is 5.82 Å². The third kappa shape index (κ3) is 2.21. The predicted octanol–water partition coefficient (Wildman–Crippen LogP) is 3.37. The van der Waals surface area contributed by atoms with Crippen molar-refractivity contribution in [2.45, 2.75) is 12.8 Å². The van der Waals surface area contributed by atoms with Crippen LogP contribution in [0.2, 0.25) is 0 Å². The minimum atomic E-state index is -0.202. The summed E-state index contributed by atoms with van der Waals surface area (Å²) in [5.74, 6) is -0.00114. The van der Waals surface area contributed by atoms with E-state index in [0.717, 1.165) is 11.3 Å². The summed E-state index contributed by atoms with van der Waals surface area (Å²) in [5.41, 5.74) is 2.08. The highest BCUT2D eigenvalue weighted by atomic mass is 19.1. The number of benzene rings is 1. The minimum Gasteiger partial charge on any atom is -0.261 e. The fourth-order valence-corrected chi connectivity index (χ4v) is 1.55. The van der Waals surface area contributed by atoms with Crippen LogP contribution in [0.15, 0.2) is 48.7 Å². The zero-order chi connectivity index (χ0) is 10.7. The molecular formula is C13H12FN. The standard InChI is InChI=1S/C13H12FN/c1-10(13-4-2-3-9-15-13)11-5-7-12(14)8-6-11/h2-10H,1H3/t10-/m0/s1. The molecule has 2 aromatic rings. The smallest absolute Gasteiger partial charge is 0.123 e. The Morgan fingerprint density at radius 3 is 2.40 bits per heavy atom. The number of pyridine rings is 1. The summed E-state index contributed by atoms with van der Waals surface area (Å²) in [5, 5.41) is 0. The molecule has 1 atom stereocenters. The van der Waals surface area contributed by atoms with E-state index in [-0.39, 0.29) is 11.7 Å². The summed E-state index contributed by atoms with van der Waals surface area (Å²) < 4.78 is 12.7. The number of aromatic nitrogens is 1. The highest BCUT2D eigenvalue weighted by molar-refractivity contribution is 5.27. The van der Waals surface area contributed by atoms with Crippen molar-refractivity contribution in [2.24, 2.45) is 0 Å². The van der Waals surface area contributed by atoms with Crippen molar-refractivity contribution in [3.63, 3.8) is 0 Å². The van der Waals surface area contributed by atoms with Crippen LogP contribution in [0.4, 0.5) is 4.39 Å². The number of hydrogen-bond donors (Lipinski definition) is 0. The Hall–Kier alpha value is -1.70. The summed E-state index contributed by atoms with van der Waals surface area (Å²) in [6.45, 7) is 2.07. The van der Waals surface area contributed by atoms with Gasteiger partial charge in [-0.1, -0.05) is 25.1 Å². The Balaban J connectivity index is 2.29. The van der Waals surface area contributed by atoms with Gasteiger partial charge in [0.25, 0.3) is 0 Å². The van der Waals surface area contributed by atoms with Gasteiger partial charge in [0.05, 0.1) is 0 Å². The van der Waals surface area contributed by atoms with Crippen LogP contribution >= 0.6 is 0 Å². The van der Waals surface area contributed by atoms with Gasteiger partial charge in [-0.3, -0.25) is 4.98 Å². The summed E-state index contributed by atoms with van der Waals surface area (Å²) in [7, 11) is 0. The fraction of sp³-hybridized carbons (Fsp3) is 0.154. The quantitative estimate of drug-likeness (QED) is 0.725. The van der Waals surface area contributed by atoms with Crippen LogP contribution in [-0.2, 0) is 0 Å². The topological polar surface area (TPSA) is 12.9 Å². The van der Waals surface area contributed by atoms with E-state index in [1.54, 1.807) is 18.3 Å². The third-order valence-corrected chi connectivity index (χ3v) is 2.50. The van der Waals surface area contributed by atoms with Gasteiger partial charge in [-0.25, -0.2) is 4.39 Å². The lowest BCUT2D eigenvalue weighted by Gasteiger charge is -2.10. The molecule has 2 rings (SSSR count). The van der Waals surface area contributed by atoms with Crippen molar-refractivity contribution < 1.29 is 4.39 Å². The fourth-order valence-electron chi connectivity index (χ4n) is 1.55. The van der Waals surface area contributed by atoms with E-state index in [1.807, 2.05) is 18.2 Å². The van der Waals surface area contributed by atoms with Crippen molar-refractivity contribution in [3.8, 4) is 0 Å². The molecule has 0 fully saturated rings. The molecule has 1 aromatic carbocycles. The molecule has 0 bridgehead atoms. The van der Waals surface area contributed by atoms with Gasteiger partial charge in [0.2, 0.25) is 0 Å². The molecule has 0 aliphatic heterocycles. The average Bonchev–Trinajstić information content (AvgIpc) is 2.30. The van der Waals surface area contributed by atoms with Gasteiger partial charge in [-0.05, 0) is 29.8 Å². The highest BCUT2D eigenvalue weighted by Crippen LogP contribution is 2.21. The number of nitrogens with zero attached hydrogens (tertiary/aromatic N) is 1. The Morgan fingerprint density at radius 2 is 1.80 bits per heavy atom. The van der Waals surface area contributed by atoms with Crippen molar-refractivity contribution in [1.29, 1.82) is 0 Å². The van der Waals surface area contributed by atoms with Gasteiger partial charge in [0.1, 0.15) is 5.82 Å². The summed E-state index contributed by atoms with van der Waals surface area (Å²) in [6, 6.07) is 12.4. The lowest BCUT2D eigenvalue weighted by atomic mass is 9.97. The van der Waals surface area contributed by atoms with E-state index >= 15 is 0 Å². The lowest BCUT2D eigenvalue weighted by molar-refractivity contribution is 0.626. The Labute approximate surface area is 88.6 Å². The molecule has 0 amide bonds. The third-order valence-electron chi connectivity index (χ3n) is 2.50. The predicted molar refractivity (Wildman–Crippen MR) is 58.2 cm³/mol. The van der Waals surface area contributed by atoms with Crippen molar-refractivity contribution in [1.82, 2.24) is 4.98 Å². The monoisotopic (exact) mass is 201 g/mol. The maximum absolute atomic E-state index is 12.7. The minimum absolute atomic E-state index is 0.201. The number of rotatable bonds is 2. The van der Waals surface area contributed by atoms with E-state index in [4.69, 9.17) is 0 Å². The van der Waals surface area contributed by atoms with Crippen molar-refractivity contribution >= 4 is 0 Å². The first-order chi connectivity index (χ1) is 7.27. The molecule has 76 valence electrons. The maximum atomic E-state index is 12.7. The molecule has 0 N–H and O–H groups in total. The lowest BCUT2D eigenvalue weighted by Crippen LogP contribution is -1.98. The second-order valence-electron chi connectivity index (χ2n) is 3.53. The molecule has 0 saturated heterocycles. The molecule has 0 saturated carbocycles. The number of halogens is 1. The molecular weight excluding hydrogens is 189 g/mol. The van der Waals surface area contributed by atoms with Crippen LogP contribution in [-0.4, -0.2) is 4.98 Å². The van der Waals surface area contributed by atoms with Crippen LogP contribution in [0.5, 0.6) is 0 Å². The largest absolute Gasteiger partial charge is 0.261 e. The van der Waals surface area contributed by atoms with Crippen LogP contribution < -0.4 is 0 Å². The molecule has 0 aliphatic rings. The molecule has 1 aromatic heterocycles. The second kappa shape index (κ2) is 4.22. The molecule has 0 aliphatic carbocycles. The average molecular weight is 201 g/mol. The summed E-state index contributed by atoms with van der Waals surface area (Å²) >= 11 is 0. The van der Waals surface area contributed by atoms with Crippen LogP contribution in [0.3, 0.4) is 0 Å². The van der Waals surface area contributed by atoms with Gasteiger partial charge in [0, 0.05) is 17.8 Å². The summed E-state index contributed by atoms with van der Waals surface area (Å²) in [4.78, 5) is 4.28. The van der Waals surface area contributed by atoms with Crippen molar-refractivity contribution in [2.75, 3.05) is 0 Å². The first kappa shape index (κ1) is 9.84. The molecule has 15 heavy (non-hydrogen) atoms.